The molecule has 5 nitrogen and oxygen atoms in total. The van der Waals surface area contributed by atoms with Gasteiger partial charge in [-0.2, -0.15) is 5.10 Å². The van der Waals surface area contributed by atoms with Gasteiger partial charge in [0.2, 0.25) is 0 Å². The molecule has 3 heterocycles. The van der Waals surface area contributed by atoms with E-state index < -0.39 is 0 Å². The van der Waals surface area contributed by atoms with E-state index in [1.807, 2.05) is 17.8 Å². The molecule has 0 amide bonds. The molecule has 19 heavy (non-hydrogen) atoms. The van der Waals surface area contributed by atoms with Gasteiger partial charge in [0.1, 0.15) is 0 Å². The first-order valence-corrected chi connectivity index (χ1v) is 6.79. The van der Waals surface area contributed by atoms with Crippen molar-refractivity contribution in [2.45, 2.75) is 51.9 Å². The molecule has 3 rings (SSSR count). The van der Waals surface area contributed by atoms with Crippen LogP contribution in [0.15, 0.2) is 6.20 Å². The molecule has 0 saturated carbocycles. The van der Waals surface area contributed by atoms with Gasteiger partial charge in [0.25, 0.3) is 0 Å². The third kappa shape index (κ3) is 2.02. The van der Waals surface area contributed by atoms with Gasteiger partial charge in [-0.05, 0) is 34.6 Å². The minimum atomic E-state index is -0.334. The smallest absolute Gasteiger partial charge is 0.399 e. The standard InChI is InChI=1S/C13H21BN2O3/c1-9-11(6-16(15-9)10-7-17-8-10)14-18-12(2,3)13(4,5)19-14/h6,10H,7-8H2,1-5H3. The zero-order chi connectivity index (χ0) is 13.8. The summed E-state index contributed by atoms with van der Waals surface area (Å²) in [4.78, 5) is 0. The van der Waals surface area contributed by atoms with Crippen LogP contribution in [0.5, 0.6) is 0 Å². The molecule has 2 aliphatic heterocycles. The molecule has 0 bridgehead atoms. The molecular formula is C13H21BN2O3. The van der Waals surface area contributed by atoms with Gasteiger partial charge in [0.05, 0.1) is 36.2 Å². The van der Waals surface area contributed by atoms with E-state index in [-0.39, 0.29) is 18.3 Å². The van der Waals surface area contributed by atoms with E-state index in [1.54, 1.807) is 0 Å². The van der Waals surface area contributed by atoms with Crippen molar-refractivity contribution in [1.82, 2.24) is 9.78 Å². The van der Waals surface area contributed by atoms with Gasteiger partial charge < -0.3 is 14.0 Å². The highest BCUT2D eigenvalue weighted by atomic mass is 16.7. The van der Waals surface area contributed by atoms with Crippen molar-refractivity contribution in [2.75, 3.05) is 13.2 Å². The van der Waals surface area contributed by atoms with Crippen molar-refractivity contribution >= 4 is 12.6 Å². The van der Waals surface area contributed by atoms with Crippen LogP contribution in [0.3, 0.4) is 0 Å². The Morgan fingerprint density at radius 1 is 1.21 bits per heavy atom. The Hall–Kier alpha value is -0.845. The topological polar surface area (TPSA) is 45.5 Å². The Labute approximate surface area is 114 Å². The van der Waals surface area contributed by atoms with Gasteiger partial charge in [0.15, 0.2) is 0 Å². The summed E-state index contributed by atoms with van der Waals surface area (Å²) in [5, 5.41) is 4.55. The van der Waals surface area contributed by atoms with E-state index in [2.05, 4.69) is 32.8 Å². The second-order valence-corrected chi connectivity index (χ2v) is 6.43. The lowest BCUT2D eigenvalue weighted by atomic mass is 9.79. The predicted octanol–water partition coefficient (Wildman–Crippen LogP) is 1.06. The lowest BCUT2D eigenvalue weighted by Crippen LogP contribution is -2.41. The van der Waals surface area contributed by atoms with Crippen LogP contribution in [-0.4, -0.2) is 41.3 Å². The van der Waals surface area contributed by atoms with Crippen molar-refractivity contribution < 1.29 is 14.0 Å². The highest BCUT2D eigenvalue weighted by Crippen LogP contribution is 2.36. The third-order valence-electron chi connectivity index (χ3n) is 4.46. The minimum absolute atomic E-state index is 0.314. The van der Waals surface area contributed by atoms with Gasteiger partial charge in [-0.25, -0.2) is 0 Å². The molecule has 2 aliphatic rings. The molecule has 0 atom stereocenters. The second-order valence-electron chi connectivity index (χ2n) is 6.43. The van der Waals surface area contributed by atoms with Gasteiger partial charge in [-0.3, -0.25) is 4.68 Å². The van der Waals surface area contributed by atoms with E-state index in [0.717, 1.165) is 24.4 Å². The monoisotopic (exact) mass is 264 g/mol. The summed E-state index contributed by atoms with van der Waals surface area (Å²) in [5.41, 5.74) is 1.35. The number of nitrogens with zero attached hydrogens (tertiary/aromatic N) is 2. The van der Waals surface area contributed by atoms with E-state index in [4.69, 9.17) is 14.0 Å². The van der Waals surface area contributed by atoms with E-state index >= 15 is 0 Å². The Morgan fingerprint density at radius 3 is 2.26 bits per heavy atom. The fourth-order valence-electron chi connectivity index (χ4n) is 2.26. The highest BCUT2D eigenvalue weighted by Gasteiger charge is 2.52. The maximum absolute atomic E-state index is 6.07. The lowest BCUT2D eigenvalue weighted by Gasteiger charge is -2.32. The Kier molecular flexibility index (Phi) is 2.82. The Bertz CT molecular complexity index is 478. The number of rotatable bonds is 2. The first kappa shape index (κ1) is 13.2. The molecule has 2 fully saturated rings. The molecule has 0 radical (unpaired) electrons. The average Bonchev–Trinajstić information content (AvgIpc) is 2.63. The number of hydrogen-bond acceptors (Lipinski definition) is 4. The maximum atomic E-state index is 6.07. The van der Waals surface area contributed by atoms with Crippen LogP contribution in [0.25, 0.3) is 0 Å². The second kappa shape index (κ2) is 4.07. The van der Waals surface area contributed by atoms with Crippen molar-refractivity contribution in [2.24, 2.45) is 0 Å². The van der Waals surface area contributed by atoms with E-state index in [0.29, 0.717) is 6.04 Å². The number of hydrogen-bond donors (Lipinski definition) is 0. The summed E-state index contributed by atoms with van der Waals surface area (Å²) in [6, 6.07) is 0.356. The van der Waals surface area contributed by atoms with E-state index in [1.165, 1.54) is 0 Å². The maximum Gasteiger partial charge on any atom is 0.498 e. The number of aromatic nitrogens is 2. The van der Waals surface area contributed by atoms with Crippen molar-refractivity contribution in [3.8, 4) is 0 Å². The average molecular weight is 264 g/mol. The first-order chi connectivity index (χ1) is 8.80. The molecular weight excluding hydrogens is 243 g/mol. The van der Waals surface area contributed by atoms with Crippen molar-refractivity contribution in [1.29, 1.82) is 0 Å². The molecule has 2 saturated heterocycles. The van der Waals surface area contributed by atoms with Crippen LogP contribution < -0.4 is 5.46 Å². The molecule has 0 spiro atoms. The highest BCUT2D eigenvalue weighted by molar-refractivity contribution is 6.62. The third-order valence-corrected chi connectivity index (χ3v) is 4.46. The largest absolute Gasteiger partial charge is 0.498 e. The van der Waals surface area contributed by atoms with Crippen LogP contribution in [0.4, 0.5) is 0 Å². The van der Waals surface area contributed by atoms with Crippen LogP contribution >= 0.6 is 0 Å². The lowest BCUT2D eigenvalue weighted by molar-refractivity contribution is -0.0287. The quantitative estimate of drug-likeness (QED) is 0.749. The van der Waals surface area contributed by atoms with Gasteiger partial charge in [-0.15, -0.1) is 0 Å². The zero-order valence-electron chi connectivity index (χ0n) is 12.3. The minimum Gasteiger partial charge on any atom is -0.399 e. The molecule has 0 aliphatic carbocycles. The predicted molar refractivity (Wildman–Crippen MR) is 72.5 cm³/mol. The van der Waals surface area contributed by atoms with Crippen LogP contribution in [0.1, 0.15) is 39.4 Å². The summed E-state index contributed by atoms with van der Waals surface area (Å²) < 4.78 is 19.3. The zero-order valence-corrected chi connectivity index (χ0v) is 12.3. The summed E-state index contributed by atoms with van der Waals surface area (Å²) in [7, 11) is -0.334. The fraction of sp³-hybridized carbons (Fsp3) is 0.769. The number of ether oxygens (including phenoxy) is 1. The van der Waals surface area contributed by atoms with Crippen molar-refractivity contribution in [3.05, 3.63) is 11.9 Å². The summed E-state index contributed by atoms with van der Waals surface area (Å²) in [6.07, 6.45) is 2.03. The molecule has 6 heteroatoms. The van der Waals surface area contributed by atoms with Crippen molar-refractivity contribution in [3.63, 3.8) is 0 Å². The van der Waals surface area contributed by atoms with Gasteiger partial charge in [0, 0.05) is 11.7 Å². The summed E-state index contributed by atoms with van der Waals surface area (Å²) in [6.45, 7) is 11.7. The van der Waals surface area contributed by atoms with Gasteiger partial charge in [-0.1, -0.05) is 0 Å². The van der Waals surface area contributed by atoms with E-state index in [9.17, 15) is 0 Å². The Morgan fingerprint density at radius 2 is 1.79 bits per heavy atom. The molecule has 1 aromatic rings. The molecule has 1 aromatic heterocycles. The Balaban J connectivity index is 1.85. The molecule has 104 valence electrons. The van der Waals surface area contributed by atoms with Crippen LogP contribution in [0.2, 0.25) is 0 Å². The van der Waals surface area contributed by atoms with Crippen LogP contribution in [-0.2, 0) is 14.0 Å². The molecule has 0 aromatic carbocycles. The van der Waals surface area contributed by atoms with Gasteiger partial charge >= 0.3 is 7.12 Å². The first-order valence-electron chi connectivity index (χ1n) is 6.79. The SMILES string of the molecule is Cc1nn(C2COC2)cc1B1OC(C)(C)C(C)(C)O1. The summed E-state index contributed by atoms with van der Waals surface area (Å²) >= 11 is 0. The summed E-state index contributed by atoms with van der Waals surface area (Å²) in [5.74, 6) is 0. The normalized spacial score (nSPS) is 25.6. The fourth-order valence-corrected chi connectivity index (χ4v) is 2.26. The van der Waals surface area contributed by atoms with Crippen LogP contribution in [0, 0.1) is 6.92 Å². The molecule has 0 N–H and O–H groups in total. The number of aryl methyl sites for hydroxylation is 1. The molecule has 0 unspecified atom stereocenters.